The minimum absolute atomic E-state index is 0.122. The van der Waals surface area contributed by atoms with Gasteiger partial charge in [0.2, 0.25) is 0 Å². The van der Waals surface area contributed by atoms with Crippen LogP contribution >= 0.6 is 0 Å². The standard InChI is InChI=1S/C20H28O6/c1-3-12-25-19(22)18(20(23)26-13-4-2)15-16-7-9-17(10-8-16)24-14-6-5-11-21/h7-10,15,21H,3-6,11-14H2,1-2H3. The zero-order valence-electron chi connectivity index (χ0n) is 15.5. The highest BCUT2D eigenvalue weighted by molar-refractivity contribution is 6.17. The molecule has 1 aromatic rings. The van der Waals surface area contributed by atoms with Gasteiger partial charge in [-0.15, -0.1) is 0 Å². The fourth-order valence-electron chi connectivity index (χ4n) is 1.98. The minimum Gasteiger partial charge on any atom is -0.494 e. The number of hydrogen-bond acceptors (Lipinski definition) is 6. The van der Waals surface area contributed by atoms with Crippen LogP contribution in [0, 0.1) is 0 Å². The zero-order chi connectivity index (χ0) is 19.2. The first kappa shape index (κ1) is 21.7. The molecule has 0 saturated carbocycles. The first-order valence-electron chi connectivity index (χ1n) is 9.02. The maximum Gasteiger partial charge on any atom is 0.345 e. The van der Waals surface area contributed by atoms with Gasteiger partial charge in [-0.1, -0.05) is 26.0 Å². The van der Waals surface area contributed by atoms with Crippen LogP contribution in [0.3, 0.4) is 0 Å². The van der Waals surface area contributed by atoms with Crippen molar-refractivity contribution in [3.63, 3.8) is 0 Å². The number of carbonyl (C=O) groups is 2. The molecule has 0 aromatic heterocycles. The van der Waals surface area contributed by atoms with Gasteiger partial charge < -0.3 is 19.3 Å². The fourth-order valence-corrected chi connectivity index (χ4v) is 1.98. The maximum absolute atomic E-state index is 12.1. The highest BCUT2D eigenvalue weighted by Crippen LogP contribution is 2.16. The molecule has 0 aliphatic heterocycles. The number of unbranched alkanes of at least 4 members (excludes halogenated alkanes) is 1. The number of carbonyl (C=O) groups excluding carboxylic acids is 2. The van der Waals surface area contributed by atoms with E-state index in [-0.39, 0.29) is 25.4 Å². The molecule has 1 rings (SSSR count). The summed E-state index contributed by atoms with van der Waals surface area (Å²) in [5.41, 5.74) is 0.549. The number of benzene rings is 1. The predicted octanol–water partition coefficient (Wildman–Crippen LogP) is 3.13. The summed E-state index contributed by atoms with van der Waals surface area (Å²) in [4.78, 5) is 24.3. The molecule has 0 fully saturated rings. The lowest BCUT2D eigenvalue weighted by molar-refractivity contribution is -0.147. The molecule has 0 spiro atoms. The number of rotatable bonds is 12. The fraction of sp³-hybridized carbons (Fsp3) is 0.500. The largest absolute Gasteiger partial charge is 0.494 e. The van der Waals surface area contributed by atoms with Crippen LogP contribution in [0.15, 0.2) is 29.8 Å². The Kier molecular flexibility index (Phi) is 10.8. The molecular weight excluding hydrogens is 336 g/mol. The van der Waals surface area contributed by atoms with E-state index in [0.717, 1.165) is 6.42 Å². The molecule has 6 nitrogen and oxygen atoms in total. The van der Waals surface area contributed by atoms with Gasteiger partial charge in [-0.25, -0.2) is 9.59 Å². The van der Waals surface area contributed by atoms with E-state index in [1.165, 1.54) is 6.08 Å². The van der Waals surface area contributed by atoms with Crippen molar-refractivity contribution in [2.24, 2.45) is 0 Å². The average molecular weight is 364 g/mol. The summed E-state index contributed by atoms with van der Waals surface area (Å²) < 4.78 is 15.7. The third-order valence-electron chi connectivity index (χ3n) is 3.33. The van der Waals surface area contributed by atoms with Crippen molar-refractivity contribution in [3.8, 4) is 5.75 Å². The summed E-state index contributed by atoms with van der Waals surface area (Å²) in [6.45, 7) is 4.93. The Balaban J connectivity index is 2.82. The summed E-state index contributed by atoms with van der Waals surface area (Å²) in [6, 6.07) is 7.03. The summed E-state index contributed by atoms with van der Waals surface area (Å²) >= 11 is 0. The van der Waals surface area contributed by atoms with Gasteiger partial charge in [-0.2, -0.15) is 0 Å². The highest BCUT2D eigenvalue weighted by atomic mass is 16.6. The van der Waals surface area contributed by atoms with Gasteiger partial charge in [0, 0.05) is 6.61 Å². The number of aliphatic hydroxyl groups is 1. The summed E-state index contributed by atoms with van der Waals surface area (Å²) in [7, 11) is 0. The summed E-state index contributed by atoms with van der Waals surface area (Å²) in [5, 5.41) is 8.74. The van der Waals surface area contributed by atoms with E-state index >= 15 is 0 Å². The van der Waals surface area contributed by atoms with Crippen molar-refractivity contribution in [2.75, 3.05) is 26.4 Å². The zero-order valence-corrected chi connectivity index (χ0v) is 15.5. The number of aliphatic hydroxyl groups excluding tert-OH is 1. The summed E-state index contributed by atoms with van der Waals surface area (Å²) in [6.07, 6.45) is 4.28. The molecule has 0 radical (unpaired) electrons. The van der Waals surface area contributed by atoms with Gasteiger partial charge in [0.15, 0.2) is 0 Å². The van der Waals surface area contributed by atoms with Crippen molar-refractivity contribution in [1.82, 2.24) is 0 Å². The van der Waals surface area contributed by atoms with Crippen LogP contribution < -0.4 is 4.74 Å². The second kappa shape index (κ2) is 12.9. The first-order chi connectivity index (χ1) is 12.6. The summed E-state index contributed by atoms with van der Waals surface area (Å²) in [5.74, 6) is -0.682. The van der Waals surface area contributed by atoms with Crippen LogP contribution in [0.2, 0.25) is 0 Å². The molecular formula is C20H28O6. The van der Waals surface area contributed by atoms with Crippen LogP contribution in [-0.2, 0) is 19.1 Å². The maximum atomic E-state index is 12.1. The van der Waals surface area contributed by atoms with E-state index in [2.05, 4.69) is 0 Å². The second-order valence-corrected chi connectivity index (χ2v) is 5.68. The predicted molar refractivity (Wildman–Crippen MR) is 98.7 cm³/mol. The Morgan fingerprint density at radius 1 is 0.923 bits per heavy atom. The molecule has 0 atom stereocenters. The lowest BCUT2D eigenvalue weighted by atomic mass is 10.1. The number of ether oxygens (including phenoxy) is 3. The number of esters is 2. The van der Waals surface area contributed by atoms with Crippen molar-refractivity contribution in [3.05, 3.63) is 35.4 Å². The molecule has 0 aliphatic rings. The smallest absolute Gasteiger partial charge is 0.345 e. The SMILES string of the molecule is CCCOC(=O)C(=Cc1ccc(OCCCCO)cc1)C(=O)OCCC. The van der Waals surface area contributed by atoms with Crippen molar-refractivity contribution in [2.45, 2.75) is 39.5 Å². The van der Waals surface area contributed by atoms with Gasteiger partial charge in [-0.05, 0) is 49.5 Å². The quantitative estimate of drug-likeness (QED) is 0.202. The molecule has 0 saturated heterocycles. The van der Waals surface area contributed by atoms with Gasteiger partial charge in [0.05, 0.1) is 19.8 Å². The molecule has 0 bridgehead atoms. The van der Waals surface area contributed by atoms with Crippen molar-refractivity contribution in [1.29, 1.82) is 0 Å². The van der Waals surface area contributed by atoms with E-state index in [0.29, 0.717) is 37.2 Å². The molecule has 26 heavy (non-hydrogen) atoms. The molecule has 0 amide bonds. The van der Waals surface area contributed by atoms with E-state index in [1.54, 1.807) is 24.3 Å². The van der Waals surface area contributed by atoms with Crippen LogP contribution in [0.1, 0.15) is 45.1 Å². The third kappa shape index (κ3) is 8.16. The van der Waals surface area contributed by atoms with Gasteiger partial charge in [-0.3, -0.25) is 0 Å². The van der Waals surface area contributed by atoms with Gasteiger partial charge in [0.1, 0.15) is 11.3 Å². The Morgan fingerprint density at radius 3 is 2.00 bits per heavy atom. The average Bonchev–Trinajstić information content (AvgIpc) is 2.66. The third-order valence-corrected chi connectivity index (χ3v) is 3.33. The molecule has 0 aliphatic carbocycles. The van der Waals surface area contributed by atoms with Crippen LogP contribution in [0.5, 0.6) is 5.75 Å². The Bertz CT molecular complexity index is 554. The van der Waals surface area contributed by atoms with Crippen molar-refractivity contribution >= 4 is 18.0 Å². The van der Waals surface area contributed by atoms with Gasteiger partial charge >= 0.3 is 11.9 Å². The molecule has 1 N–H and O–H groups in total. The normalized spacial score (nSPS) is 10.1. The first-order valence-corrected chi connectivity index (χ1v) is 9.02. The lowest BCUT2D eigenvalue weighted by Gasteiger charge is -2.09. The Hall–Kier alpha value is -2.34. The van der Waals surface area contributed by atoms with Crippen LogP contribution in [0.25, 0.3) is 6.08 Å². The topological polar surface area (TPSA) is 82.1 Å². The highest BCUT2D eigenvalue weighted by Gasteiger charge is 2.21. The van der Waals surface area contributed by atoms with E-state index in [9.17, 15) is 9.59 Å². The minimum atomic E-state index is -0.683. The van der Waals surface area contributed by atoms with Crippen LogP contribution in [0.4, 0.5) is 0 Å². The molecule has 0 unspecified atom stereocenters. The molecule has 6 heteroatoms. The number of hydrogen-bond donors (Lipinski definition) is 1. The molecule has 144 valence electrons. The molecule has 1 aromatic carbocycles. The lowest BCUT2D eigenvalue weighted by Crippen LogP contribution is -2.19. The van der Waals surface area contributed by atoms with E-state index < -0.39 is 11.9 Å². The van der Waals surface area contributed by atoms with E-state index in [1.807, 2.05) is 13.8 Å². The van der Waals surface area contributed by atoms with Crippen molar-refractivity contribution < 1.29 is 28.9 Å². The second-order valence-electron chi connectivity index (χ2n) is 5.68. The molecule has 0 heterocycles. The Morgan fingerprint density at radius 2 is 1.50 bits per heavy atom. The Labute approximate surface area is 154 Å². The van der Waals surface area contributed by atoms with Crippen LogP contribution in [-0.4, -0.2) is 43.5 Å². The monoisotopic (exact) mass is 364 g/mol. The van der Waals surface area contributed by atoms with Gasteiger partial charge in [0.25, 0.3) is 0 Å². The van der Waals surface area contributed by atoms with E-state index in [4.69, 9.17) is 19.3 Å².